The zero-order chi connectivity index (χ0) is 19.6. The average molecular weight is 382 g/mol. The van der Waals surface area contributed by atoms with Crippen LogP contribution in [0.1, 0.15) is 10.4 Å². The van der Waals surface area contributed by atoms with E-state index in [0.29, 0.717) is 28.5 Å². The SMILES string of the molecule is O=C(Nc1cnc(-n2ccnc2)nc1)c1ccc2noc(-c3ccccc3)c2c1. The summed E-state index contributed by atoms with van der Waals surface area (Å²) in [5.74, 6) is 0.827. The van der Waals surface area contributed by atoms with Crippen molar-refractivity contribution in [2.45, 2.75) is 0 Å². The maximum atomic E-state index is 12.7. The number of benzene rings is 2. The summed E-state index contributed by atoms with van der Waals surface area (Å²) in [6.45, 7) is 0. The molecule has 0 aliphatic carbocycles. The van der Waals surface area contributed by atoms with Crippen molar-refractivity contribution < 1.29 is 9.32 Å². The van der Waals surface area contributed by atoms with Crippen molar-refractivity contribution in [3.8, 4) is 17.3 Å². The molecule has 0 aliphatic heterocycles. The maximum Gasteiger partial charge on any atom is 0.255 e. The lowest BCUT2D eigenvalue weighted by Crippen LogP contribution is -2.12. The average Bonchev–Trinajstić information content (AvgIpc) is 3.45. The van der Waals surface area contributed by atoms with Crippen LogP contribution in [-0.2, 0) is 0 Å². The largest absolute Gasteiger partial charge is 0.355 e. The molecule has 1 N–H and O–H groups in total. The van der Waals surface area contributed by atoms with E-state index in [1.165, 1.54) is 0 Å². The summed E-state index contributed by atoms with van der Waals surface area (Å²) in [7, 11) is 0. The number of carbonyl (C=O) groups is 1. The summed E-state index contributed by atoms with van der Waals surface area (Å²) in [6.07, 6.45) is 8.09. The molecule has 8 heteroatoms. The zero-order valence-electron chi connectivity index (χ0n) is 15.1. The Hall–Kier alpha value is -4.33. The van der Waals surface area contributed by atoms with Gasteiger partial charge in [0.05, 0.1) is 23.5 Å². The molecule has 29 heavy (non-hydrogen) atoms. The highest BCUT2D eigenvalue weighted by molar-refractivity contribution is 6.07. The first kappa shape index (κ1) is 16.8. The van der Waals surface area contributed by atoms with Crippen LogP contribution in [0.2, 0.25) is 0 Å². The lowest BCUT2D eigenvalue weighted by atomic mass is 10.1. The van der Waals surface area contributed by atoms with E-state index >= 15 is 0 Å². The molecule has 8 nitrogen and oxygen atoms in total. The second kappa shape index (κ2) is 7.01. The third-order valence-electron chi connectivity index (χ3n) is 4.41. The van der Waals surface area contributed by atoms with Crippen LogP contribution in [0.3, 0.4) is 0 Å². The Bertz CT molecular complexity index is 1280. The van der Waals surface area contributed by atoms with Crippen LogP contribution in [0.5, 0.6) is 0 Å². The smallest absolute Gasteiger partial charge is 0.255 e. The predicted molar refractivity (Wildman–Crippen MR) is 107 cm³/mol. The first-order valence-corrected chi connectivity index (χ1v) is 8.84. The van der Waals surface area contributed by atoms with Gasteiger partial charge in [0.1, 0.15) is 11.8 Å². The number of anilines is 1. The lowest BCUT2D eigenvalue weighted by Gasteiger charge is -2.06. The van der Waals surface area contributed by atoms with Crippen LogP contribution in [0.15, 0.2) is 84.2 Å². The molecule has 0 aliphatic rings. The van der Waals surface area contributed by atoms with Crippen LogP contribution < -0.4 is 5.32 Å². The van der Waals surface area contributed by atoms with Crippen molar-refractivity contribution in [3.05, 3.63) is 85.2 Å². The van der Waals surface area contributed by atoms with Gasteiger partial charge in [-0.05, 0) is 18.2 Å². The Labute approximate surface area is 164 Å². The monoisotopic (exact) mass is 382 g/mol. The fraction of sp³-hybridized carbons (Fsp3) is 0. The number of carbonyl (C=O) groups excluding carboxylic acids is 1. The highest BCUT2D eigenvalue weighted by Gasteiger charge is 2.14. The van der Waals surface area contributed by atoms with Gasteiger partial charge in [0.25, 0.3) is 5.91 Å². The Morgan fingerprint density at radius 3 is 2.62 bits per heavy atom. The van der Waals surface area contributed by atoms with Crippen LogP contribution in [-0.4, -0.2) is 30.6 Å². The number of hydrogen-bond acceptors (Lipinski definition) is 6. The standard InChI is InChI=1S/C21H14N6O2/c28-20(25-16-11-23-21(24-12-16)27-9-8-22-13-27)15-6-7-18-17(10-15)19(29-26-18)14-4-2-1-3-5-14/h1-13H,(H,25,28). The van der Waals surface area contributed by atoms with E-state index in [9.17, 15) is 4.79 Å². The first-order valence-electron chi connectivity index (χ1n) is 8.84. The molecular weight excluding hydrogens is 368 g/mol. The van der Waals surface area contributed by atoms with Crippen LogP contribution >= 0.6 is 0 Å². The summed E-state index contributed by atoms with van der Waals surface area (Å²) >= 11 is 0. The fourth-order valence-electron chi connectivity index (χ4n) is 2.98. The van der Waals surface area contributed by atoms with Gasteiger partial charge in [0.2, 0.25) is 5.95 Å². The molecule has 0 saturated heterocycles. The van der Waals surface area contributed by atoms with E-state index in [4.69, 9.17) is 4.52 Å². The van der Waals surface area contributed by atoms with Crippen molar-refractivity contribution in [1.82, 2.24) is 24.7 Å². The Balaban J connectivity index is 1.41. The third kappa shape index (κ3) is 3.23. The van der Waals surface area contributed by atoms with Gasteiger partial charge in [-0.1, -0.05) is 35.5 Å². The van der Waals surface area contributed by atoms with Crippen molar-refractivity contribution in [2.24, 2.45) is 0 Å². The number of nitrogens with zero attached hydrogens (tertiary/aromatic N) is 5. The van der Waals surface area contributed by atoms with E-state index in [2.05, 4.69) is 25.4 Å². The Morgan fingerprint density at radius 2 is 1.86 bits per heavy atom. The van der Waals surface area contributed by atoms with Crippen molar-refractivity contribution in [1.29, 1.82) is 0 Å². The van der Waals surface area contributed by atoms with Gasteiger partial charge in [-0.25, -0.2) is 15.0 Å². The number of amides is 1. The quantitative estimate of drug-likeness (QED) is 0.509. The number of nitrogens with one attached hydrogen (secondary N) is 1. The summed E-state index contributed by atoms with van der Waals surface area (Å²) in [5, 5.41) is 7.66. The lowest BCUT2D eigenvalue weighted by molar-refractivity contribution is 0.102. The third-order valence-corrected chi connectivity index (χ3v) is 4.41. The molecule has 0 radical (unpaired) electrons. The molecule has 3 heterocycles. The number of aromatic nitrogens is 5. The van der Waals surface area contributed by atoms with Crippen LogP contribution in [0, 0.1) is 0 Å². The van der Waals surface area contributed by atoms with Crippen molar-refractivity contribution in [2.75, 3.05) is 5.32 Å². The molecule has 1 amide bonds. The second-order valence-corrected chi connectivity index (χ2v) is 6.31. The summed E-state index contributed by atoms with van der Waals surface area (Å²) in [5.41, 5.74) is 2.56. The fourth-order valence-corrected chi connectivity index (χ4v) is 2.98. The van der Waals surface area contributed by atoms with Gasteiger partial charge in [-0.15, -0.1) is 0 Å². The van der Waals surface area contributed by atoms with E-state index in [0.717, 1.165) is 10.9 Å². The molecule has 5 rings (SSSR count). The first-order chi connectivity index (χ1) is 14.3. The minimum Gasteiger partial charge on any atom is -0.355 e. The molecular formula is C21H14N6O2. The molecule has 5 aromatic rings. The number of imidazole rings is 1. The van der Waals surface area contributed by atoms with Crippen molar-refractivity contribution >= 4 is 22.5 Å². The van der Waals surface area contributed by atoms with Gasteiger partial charge in [0, 0.05) is 23.5 Å². The molecule has 0 fully saturated rings. The Morgan fingerprint density at radius 1 is 1.03 bits per heavy atom. The Kier molecular flexibility index (Phi) is 4.06. The molecule has 0 saturated carbocycles. The predicted octanol–water partition coefficient (Wildman–Crippen LogP) is 3.72. The van der Waals surface area contributed by atoms with E-state index in [-0.39, 0.29) is 5.91 Å². The highest BCUT2D eigenvalue weighted by atomic mass is 16.5. The number of rotatable bonds is 4. The number of fused-ring (bicyclic) bond motifs is 1. The van der Waals surface area contributed by atoms with E-state index in [1.54, 1.807) is 53.9 Å². The molecule has 0 spiro atoms. The highest BCUT2D eigenvalue weighted by Crippen LogP contribution is 2.29. The molecule has 0 atom stereocenters. The minimum atomic E-state index is -0.272. The topological polar surface area (TPSA) is 98.7 Å². The van der Waals surface area contributed by atoms with Crippen molar-refractivity contribution in [3.63, 3.8) is 0 Å². The zero-order valence-corrected chi connectivity index (χ0v) is 15.1. The van der Waals surface area contributed by atoms with Crippen LogP contribution in [0.25, 0.3) is 28.2 Å². The number of hydrogen-bond donors (Lipinski definition) is 1. The molecule has 0 unspecified atom stereocenters. The molecule has 140 valence electrons. The maximum absolute atomic E-state index is 12.7. The van der Waals surface area contributed by atoms with E-state index < -0.39 is 0 Å². The van der Waals surface area contributed by atoms with Gasteiger partial charge in [-0.2, -0.15) is 0 Å². The molecule has 0 bridgehead atoms. The minimum absolute atomic E-state index is 0.272. The normalized spacial score (nSPS) is 10.9. The summed E-state index contributed by atoms with van der Waals surface area (Å²) in [6, 6.07) is 14.9. The molecule has 3 aromatic heterocycles. The van der Waals surface area contributed by atoms with Crippen LogP contribution in [0.4, 0.5) is 5.69 Å². The summed E-state index contributed by atoms with van der Waals surface area (Å²) in [4.78, 5) is 25.1. The van der Waals surface area contributed by atoms with Gasteiger partial charge >= 0.3 is 0 Å². The van der Waals surface area contributed by atoms with Gasteiger partial charge in [0.15, 0.2) is 5.76 Å². The summed E-state index contributed by atoms with van der Waals surface area (Å²) < 4.78 is 7.17. The molecule has 2 aromatic carbocycles. The van der Waals surface area contributed by atoms with E-state index in [1.807, 2.05) is 30.3 Å². The van der Waals surface area contributed by atoms with Gasteiger partial charge in [-0.3, -0.25) is 9.36 Å². The van der Waals surface area contributed by atoms with Gasteiger partial charge < -0.3 is 9.84 Å². The second-order valence-electron chi connectivity index (χ2n) is 6.31.